The standard InChI is InChI=1S/C14H19BrN2O2/c1-10-7-12(15)8-16-13(10)17-5-3-14(4-6-17)18-9-11(2)19-14/h7-8,11H,3-6,9H2,1-2H3. The Balaban J connectivity index is 1.70. The fourth-order valence-corrected chi connectivity index (χ4v) is 3.34. The summed E-state index contributed by atoms with van der Waals surface area (Å²) in [6.07, 6.45) is 3.90. The fourth-order valence-electron chi connectivity index (χ4n) is 2.89. The van der Waals surface area contributed by atoms with Crippen molar-refractivity contribution in [1.29, 1.82) is 0 Å². The third-order valence-corrected chi connectivity index (χ3v) is 4.27. The van der Waals surface area contributed by atoms with E-state index in [0.717, 1.165) is 42.8 Å². The Morgan fingerprint density at radius 2 is 2.16 bits per heavy atom. The number of anilines is 1. The third kappa shape index (κ3) is 2.64. The SMILES string of the molecule is Cc1cc(Br)cnc1N1CCC2(CC1)OCC(C)O2. The summed E-state index contributed by atoms with van der Waals surface area (Å²) in [5.74, 6) is 0.739. The fraction of sp³-hybridized carbons (Fsp3) is 0.643. The van der Waals surface area contributed by atoms with Gasteiger partial charge in [-0.2, -0.15) is 0 Å². The van der Waals surface area contributed by atoms with Crippen molar-refractivity contribution < 1.29 is 9.47 Å². The lowest BCUT2D eigenvalue weighted by molar-refractivity contribution is -0.178. The molecule has 0 N–H and O–H groups in total. The minimum Gasteiger partial charge on any atom is -0.356 e. The first kappa shape index (κ1) is 13.3. The number of aromatic nitrogens is 1. The van der Waals surface area contributed by atoms with Crippen molar-refractivity contribution in [2.45, 2.75) is 38.6 Å². The molecule has 2 fully saturated rings. The molecular weight excluding hydrogens is 308 g/mol. The Morgan fingerprint density at radius 1 is 1.42 bits per heavy atom. The second-order valence-corrected chi connectivity index (χ2v) is 6.35. The second kappa shape index (κ2) is 5.04. The lowest BCUT2D eigenvalue weighted by atomic mass is 10.0. The molecule has 19 heavy (non-hydrogen) atoms. The molecule has 0 aliphatic carbocycles. The van der Waals surface area contributed by atoms with Crippen molar-refractivity contribution in [3.63, 3.8) is 0 Å². The predicted octanol–water partition coefficient (Wildman–Crippen LogP) is 2.88. The minimum absolute atomic E-state index is 0.221. The first-order valence-corrected chi connectivity index (χ1v) is 7.56. The zero-order valence-electron chi connectivity index (χ0n) is 11.4. The van der Waals surface area contributed by atoms with Crippen molar-refractivity contribution in [2.75, 3.05) is 24.6 Å². The van der Waals surface area contributed by atoms with Gasteiger partial charge in [-0.05, 0) is 41.4 Å². The van der Waals surface area contributed by atoms with Gasteiger partial charge in [0.15, 0.2) is 5.79 Å². The molecule has 0 bridgehead atoms. The van der Waals surface area contributed by atoms with Gasteiger partial charge in [-0.25, -0.2) is 4.98 Å². The van der Waals surface area contributed by atoms with E-state index in [9.17, 15) is 0 Å². The zero-order chi connectivity index (χ0) is 13.5. The second-order valence-electron chi connectivity index (χ2n) is 5.43. The highest BCUT2D eigenvalue weighted by Crippen LogP contribution is 2.35. The van der Waals surface area contributed by atoms with E-state index in [1.165, 1.54) is 5.56 Å². The summed E-state index contributed by atoms with van der Waals surface area (Å²) in [6.45, 7) is 6.75. The van der Waals surface area contributed by atoms with Crippen LogP contribution in [0.15, 0.2) is 16.7 Å². The van der Waals surface area contributed by atoms with Crippen LogP contribution in [0, 0.1) is 6.92 Å². The Labute approximate surface area is 122 Å². The maximum atomic E-state index is 5.95. The Kier molecular flexibility index (Phi) is 3.53. The summed E-state index contributed by atoms with van der Waals surface area (Å²) in [7, 11) is 0. The van der Waals surface area contributed by atoms with Gasteiger partial charge in [0.2, 0.25) is 0 Å². The Hall–Kier alpha value is -0.650. The Morgan fingerprint density at radius 3 is 2.74 bits per heavy atom. The molecule has 1 spiro atoms. The summed E-state index contributed by atoms with van der Waals surface area (Å²) >= 11 is 3.45. The van der Waals surface area contributed by atoms with Crippen LogP contribution in [0.1, 0.15) is 25.3 Å². The van der Waals surface area contributed by atoms with E-state index in [0.29, 0.717) is 0 Å². The molecule has 4 nitrogen and oxygen atoms in total. The van der Waals surface area contributed by atoms with Crippen LogP contribution in [0.3, 0.4) is 0 Å². The van der Waals surface area contributed by atoms with E-state index in [1.54, 1.807) is 0 Å². The van der Waals surface area contributed by atoms with E-state index in [2.05, 4.69) is 45.7 Å². The topological polar surface area (TPSA) is 34.6 Å². The van der Waals surface area contributed by atoms with Crippen LogP contribution in [0.4, 0.5) is 5.82 Å². The van der Waals surface area contributed by atoms with Crippen LogP contribution < -0.4 is 4.90 Å². The number of rotatable bonds is 1. The van der Waals surface area contributed by atoms with Gasteiger partial charge < -0.3 is 14.4 Å². The molecule has 0 aromatic carbocycles. The van der Waals surface area contributed by atoms with Crippen LogP contribution in [0.25, 0.3) is 0 Å². The number of pyridine rings is 1. The van der Waals surface area contributed by atoms with Crippen molar-refractivity contribution >= 4 is 21.7 Å². The molecule has 1 aromatic rings. The monoisotopic (exact) mass is 326 g/mol. The lowest BCUT2D eigenvalue weighted by Crippen LogP contribution is -2.45. The molecule has 104 valence electrons. The number of halogens is 1. The smallest absolute Gasteiger partial charge is 0.172 e. The molecule has 2 aliphatic rings. The summed E-state index contributed by atoms with van der Waals surface area (Å²) in [6, 6.07) is 2.11. The number of hydrogen-bond acceptors (Lipinski definition) is 4. The molecule has 3 rings (SSSR count). The summed E-state index contributed by atoms with van der Waals surface area (Å²) < 4.78 is 12.8. The van der Waals surface area contributed by atoms with Gasteiger partial charge in [0.1, 0.15) is 5.82 Å². The third-order valence-electron chi connectivity index (χ3n) is 3.84. The highest BCUT2D eigenvalue weighted by molar-refractivity contribution is 9.10. The number of piperidine rings is 1. The highest BCUT2D eigenvalue weighted by Gasteiger charge is 2.42. The zero-order valence-corrected chi connectivity index (χ0v) is 12.9. The van der Waals surface area contributed by atoms with E-state index in [4.69, 9.17) is 9.47 Å². The van der Waals surface area contributed by atoms with Gasteiger partial charge >= 0.3 is 0 Å². The molecule has 1 atom stereocenters. The maximum Gasteiger partial charge on any atom is 0.172 e. The Bertz CT molecular complexity index is 473. The molecule has 0 radical (unpaired) electrons. The number of ether oxygens (including phenoxy) is 2. The van der Waals surface area contributed by atoms with Gasteiger partial charge in [-0.1, -0.05) is 0 Å². The molecule has 1 unspecified atom stereocenters. The molecule has 2 aliphatic heterocycles. The van der Waals surface area contributed by atoms with Crippen LogP contribution in [-0.2, 0) is 9.47 Å². The van der Waals surface area contributed by atoms with Gasteiger partial charge in [0.25, 0.3) is 0 Å². The van der Waals surface area contributed by atoms with E-state index in [-0.39, 0.29) is 11.9 Å². The maximum absolute atomic E-state index is 5.95. The van der Waals surface area contributed by atoms with Crippen LogP contribution in [0.2, 0.25) is 0 Å². The summed E-state index contributed by atoms with van der Waals surface area (Å²) in [4.78, 5) is 6.85. The van der Waals surface area contributed by atoms with Crippen molar-refractivity contribution in [3.8, 4) is 0 Å². The number of aryl methyl sites for hydroxylation is 1. The van der Waals surface area contributed by atoms with Gasteiger partial charge in [0.05, 0.1) is 12.7 Å². The predicted molar refractivity (Wildman–Crippen MR) is 77.4 cm³/mol. The van der Waals surface area contributed by atoms with E-state index >= 15 is 0 Å². The van der Waals surface area contributed by atoms with E-state index < -0.39 is 0 Å². The molecule has 0 saturated carbocycles. The highest BCUT2D eigenvalue weighted by atomic mass is 79.9. The normalized spacial score (nSPS) is 26.1. The largest absolute Gasteiger partial charge is 0.356 e. The molecule has 5 heteroatoms. The van der Waals surface area contributed by atoms with Gasteiger partial charge in [-0.15, -0.1) is 0 Å². The van der Waals surface area contributed by atoms with Crippen molar-refractivity contribution in [1.82, 2.24) is 4.98 Å². The van der Waals surface area contributed by atoms with Crippen LogP contribution in [0.5, 0.6) is 0 Å². The molecular formula is C14H19BrN2O2. The van der Waals surface area contributed by atoms with E-state index in [1.807, 2.05) is 6.20 Å². The van der Waals surface area contributed by atoms with Gasteiger partial charge in [0, 0.05) is 36.6 Å². The van der Waals surface area contributed by atoms with Crippen LogP contribution >= 0.6 is 15.9 Å². The average molecular weight is 327 g/mol. The van der Waals surface area contributed by atoms with Crippen molar-refractivity contribution in [2.24, 2.45) is 0 Å². The van der Waals surface area contributed by atoms with Crippen LogP contribution in [-0.4, -0.2) is 36.6 Å². The molecule has 3 heterocycles. The first-order valence-electron chi connectivity index (χ1n) is 6.77. The molecule has 0 amide bonds. The van der Waals surface area contributed by atoms with Gasteiger partial charge in [-0.3, -0.25) is 0 Å². The number of nitrogens with zero attached hydrogens (tertiary/aromatic N) is 2. The molecule has 2 saturated heterocycles. The first-order chi connectivity index (χ1) is 9.08. The minimum atomic E-state index is -0.334. The quantitative estimate of drug-likeness (QED) is 0.794. The lowest BCUT2D eigenvalue weighted by Gasteiger charge is -2.38. The number of hydrogen-bond donors (Lipinski definition) is 0. The molecule has 1 aromatic heterocycles. The summed E-state index contributed by atoms with van der Waals surface area (Å²) in [5, 5.41) is 0. The van der Waals surface area contributed by atoms with Crippen molar-refractivity contribution in [3.05, 3.63) is 22.3 Å². The summed E-state index contributed by atoms with van der Waals surface area (Å²) in [5.41, 5.74) is 1.20. The average Bonchev–Trinajstić information content (AvgIpc) is 2.73.